The van der Waals surface area contributed by atoms with Gasteiger partial charge in [-0.2, -0.15) is 0 Å². The highest BCUT2D eigenvalue weighted by Crippen LogP contribution is 2.35. The highest BCUT2D eigenvalue weighted by molar-refractivity contribution is 6.07. The van der Waals surface area contributed by atoms with E-state index in [0.29, 0.717) is 24.7 Å². The standard InChI is InChI=1S/C28H34N4O3/c1-31-13-6-7-21(31)10-12-29-28(33)23-17-27(30-24-9-5-4-8-22(23)24)32-14-11-19-15-25(34-2)26(35-3)16-20(19)18-32/h4-5,8-9,15-17,21H,6-7,10-14,18H2,1-3H3,(H,29,33). The molecular weight excluding hydrogens is 440 g/mol. The summed E-state index contributed by atoms with van der Waals surface area (Å²) >= 11 is 0. The van der Waals surface area contributed by atoms with Gasteiger partial charge in [-0.25, -0.2) is 4.98 Å². The highest BCUT2D eigenvalue weighted by atomic mass is 16.5. The lowest BCUT2D eigenvalue weighted by Crippen LogP contribution is -2.33. The maximum atomic E-state index is 13.3. The first-order chi connectivity index (χ1) is 17.1. The van der Waals surface area contributed by atoms with Crippen molar-refractivity contribution in [3.05, 3.63) is 59.2 Å². The van der Waals surface area contributed by atoms with E-state index in [1.165, 1.54) is 24.0 Å². The normalized spacial score (nSPS) is 17.9. The van der Waals surface area contributed by atoms with E-state index in [1.54, 1.807) is 14.2 Å². The second kappa shape index (κ2) is 10.1. The van der Waals surface area contributed by atoms with Crippen molar-refractivity contribution in [3.8, 4) is 11.5 Å². The fourth-order valence-corrected chi connectivity index (χ4v) is 5.38. The smallest absolute Gasteiger partial charge is 0.252 e. The van der Waals surface area contributed by atoms with Crippen molar-refractivity contribution in [3.63, 3.8) is 0 Å². The number of ether oxygens (including phenoxy) is 2. The summed E-state index contributed by atoms with van der Waals surface area (Å²) in [6.45, 7) is 3.35. The van der Waals surface area contributed by atoms with Crippen LogP contribution in [0.1, 0.15) is 40.7 Å². The van der Waals surface area contributed by atoms with E-state index in [1.807, 2.05) is 30.3 Å². The number of hydrogen-bond acceptors (Lipinski definition) is 6. The van der Waals surface area contributed by atoms with Gasteiger partial charge in [0.05, 0.1) is 25.3 Å². The Kier molecular flexibility index (Phi) is 6.77. The van der Waals surface area contributed by atoms with Gasteiger partial charge in [-0.15, -0.1) is 0 Å². The number of likely N-dealkylation sites (tertiary alicyclic amines) is 1. The Morgan fingerprint density at radius 3 is 2.60 bits per heavy atom. The molecule has 0 bridgehead atoms. The van der Waals surface area contributed by atoms with Crippen LogP contribution in [-0.4, -0.2) is 62.7 Å². The summed E-state index contributed by atoms with van der Waals surface area (Å²) in [6.07, 6.45) is 4.31. The number of hydrogen-bond donors (Lipinski definition) is 1. The minimum Gasteiger partial charge on any atom is -0.493 e. The van der Waals surface area contributed by atoms with Crippen LogP contribution in [0.15, 0.2) is 42.5 Å². The number of rotatable bonds is 7. The van der Waals surface area contributed by atoms with Crippen LogP contribution in [0.2, 0.25) is 0 Å². The van der Waals surface area contributed by atoms with Gasteiger partial charge in [0.2, 0.25) is 0 Å². The van der Waals surface area contributed by atoms with Crippen LogP contribution in [0.4, 0.5) is 5.82 Å². The highest BCUT2D eigenvalue weighted by Gasteiger charge is 2.23. The number of carbonyl (C=O) groups excluding carboxylic acids is 1. The van der Waals surface area contributed by atoms with Crippen molar-refractivity contribution in [2.45, 2.75) is 38.3 Å². The summed E-state index contributed by atoms with van der Waals surface area (Å²) in [6, 6.07) is 14.5. The number of para-hydroxylation sites is 1. The molecule has 35 heavy (non-hydrogen) atoms. The zero-order chi connectivity index (χ0) is 24.4. The molecule has 5 rings (SSSR count). The van der Waals surface area contributed by atoms with Gasteiger partial charge < -0.3 is 24.6 Å². The number of nitrogens with one attached hydrogen (secondary N) is 1. The Morgan fingerprint density at radius 1 is 1.09 bits per heavy atom. The van der Waals surface area contributed by atoms with Crippen molar-refractivity contribution in [2.75, 3.05) is 45.8 Å². The topological polar surface area (TPSA) is 66.9 Å². The van der Waals surface area contributed by atoms with Crippen LogP contribution in [-0.2, 0) is 13.0 Å². The number of aromatic nitrogens is 1. The zero-order valence-electron chi connectivity index (χ0n) is 20.8. The molecule has 1 aromatic heterocycles. The zero-order valence-corrected chi connectivity index (χ0v) is 20.8. The number of anilines is 1. The molecule has 1 atom stereocenters. The van der Waals surface area contributed by atoms with Crippen molar-refractivity contribution >= 4 is 22.6 Å². The third kappa shape index (κ3) is 4.78. The largest absolute Gasteiger partial charge is 0.493 e. The minimum absolute atomic E-state index is 0.0330. The molecule has 1 N–H and O–H groups in total. The molecule has 7 heteroatoms. The number of methoxy groups -OCH3 is 2. The van der Waals surface area contributed by atoms with Gasteiger partial charge in [0.25, 0.3) is 5.91 Å². The number of carbonyl (C=O) groups is 1. The van der Waals surface area contributed by atoms with Crippen LogP contribution in [0, 0.1) is 0 Å². The lowest BCUT2D eigenvalue weighted by Gasteiger charge is -2.31. The molecule has 3 heterocycles. The molecule has 1 amide bonds. The van der Waals surface area contributed by atoms with Crippen LogP contribution in [0.5, 0.6) is 11.5 Å². The Morgan fingerprint density at radius 2 is 1.86 bits per heavy atom. The van der Waals surface area contributed by atoms with Crippen molar-refractivity contribution < 1.29 is 14.3 Å². The van der Waals surface area contributed by atoms with Gasteiger partial charge in [0, 0.05) is 31.1 Å². The van der Waals surface area contributed by atoms with Crippen molar-refractivity contribution in [1.29, 1.82) is 0 Å². The summed E-state index contributed by atoms with van der Waals surface area (Å²) in [4.78, 5) is 22.9. The van der Waals surface area contributed by atoms with Gasteiger partial charge in [-0.3, -0.25) is 4.79 Å². The molecule has 0 spiro atoms. The van der Waals surface area contributed by atoms with Gasteiger partial charge in [-0.1, -0.05) is 18.2 Å². The maximum absolute atomic E-state index is 13.3. The van der Waals surface area contributed by atoms with Crippen LogP contribution in [0.25, 0.3) is 10.9 Å². The molecule has 184 valence electrons. The molecule has 3 aromatic rings. The Hall–Kier alpha value is -3.32. The maximum Gasteiger partial charge on any atom is 0.252 e. The number of fused-ring (bicyclic) bond motifs is 2. The second-order valence-corrected chi connectivity index (χ2v) is 9.51. The first kappa shape index (κ1) is 23.4. The van der Waals surface area contributed by atoms with E-state index in [4.69, 9.17) is 14.5 Å². The van der Waals surface area contributed by atoms with E-state index in [2.05, 4.69) is 34.3 Å². The third-order valence-corrected chi connectivity index (χ3v) is 7.42. The first-order valence-electron chi connectivity index (χ1n) is 12.4. The number of benzene rings is 2. The molecule has 0 saturated carbocycles. The fourth-order valence-electron chi connectivity index (χ4n) is 5.38. The van der Waals surface area contributed by atoms with E-state index < -0.39 is 0 Å². The fraction of sp³-hybridized carbons (Fsp3) is 0.429. The average molecular weight is 475 g/mol. The molecular formula is C28H34N4O3. The minimum atomic E-state index is -0.0330. The third-order valence-electron chi connectivity index (χ3n) is 7.42. The molecule has 0 aliphatic carbocycles. The predicted octanol–water partition coefficient (Wildman–Crippen LogP) is 4.03. The summed E-state index contributed by atoms with van der Waals surface area (Å²) < 4.78 is 11.0. The summed E-state index contributed by atoms with van der Waals surface area (Å²) in [5.41, 5.74) is 3.97. The SMILES string of the molecule is COc1cc2c(cc1OC)CN(c1cc(C(=O)NCCC3CCCN3C)c3ccccc3n1)CC2. The number of amides is 1. The molecule has 0 radical (unpaired) electrons. The van der Waals surface area contributed by atoms with E-state index in [9.17, 15) is 4.79 Å². The average Bonchev–Trinajstić information content (AvgIpc) is 3.31. The van der Waals surface area contributed by atoms with E-state index in [-0.39, 0.29) is 5.91 Å². The van der Waals surface area contributed by atoms with Gasteiger partial charge in [0.15, 0.2) is 11.5 Å². The summed E-state index contributed by atoms with van der Waals surface area (Å²) in [5.74, 6) is 2.28. The van der Waals surface area contributed by atoms with Gasteiger partial charge >= 0.3 is 0 Å². The Balaban J connectivity index is 1.39. The molecule has 1 unspecified atom stereocenters. The van der Waals surface area contributed by atoms with E-state index >= 15 is 0 Å². The van der Waals surface area contributed by atoms with Gasteiger partial charge in [-0.05, 0) is 74.7 Å². The molecule has 7 nitrogen and oxygen atoms in total. The number of nitrogens with zero attached hydrogens (tertiary/aromatic N) is 3. The van der Waals surface area contributed by atoms with Crippen molar-refractivity contribution in [2.24, 2.45) is 0 Å². The van der Waals surface area contributed by atoms with Crippen LogP contribution < -0.4 is 19.7 Å². The summed E-state index contributed by atoms with van der Waals surface area (Å²) in [5, 5.41) is 4.05. The molecule has 2 aromatic carbocycles. The van der Waals surface area contributed by atoms with E-state index in [0.717, 1.165) is 54.2 Å². The molecule has 2 aliphatic heterocycles. The molecule has 1 fully saturated rings. The molecule has 1 saturated heterocycles. The second-order valence-electron chi connectivity index (χ2n) is 9.51. The van der Waals surface area contributed by atoms with Crippen molar-refractivity contribution in [1.82, 2.24) is 15.2 Å². The van der Waals surface area contributed by atoms with Crippen LogP contribution >= 0.6 is 0 Å². The molecule has 2 aliphatic rings. The number of pyridine rings is 1. The predicted molar refractivity (Wildman–Crippen MR) is 139 cm³/mol. The first-order valence-corrected chi connectivity index (χ1v) is 12.4. The monoisotopic (exact) mass is 474 g/mol. The summed E-state index contributed by atoms with van der Waals surface area (Å²) in [7, 11) is 5.49. The van der Waals surface area contributed by atoms with Gasteiger partial charge in [0.1, 0.15) is 5.82 Å². The van der Waals surface area contributed by atoms with Crippen LogP contribution in [0.3, 0.4) is 0 Å². The Labute approximate surface area is 207 Å². The Bertz CT molecular complexity index is 1230. The lowest BCUT2D eigenvalue weighted by atomic mass is 9.98. The quantitative estimate of drug-likeness (QED) is 0.558. The lowest BCUT2D eigenvalue weighted by molar-refractivity contribution is 0.0952.